The third kappa shape index (κ3) is 5.60. The Balaban J connectivity index is 1.55. The van der Waals surface area contributed by atoms with Crippen LogP contribution in [0.3, 0.4) is 0 Å². The van der Waals surface area contributed by atoms with Crippen LogP contribution in [0.1, 0.15) is 29.7 Å². The Bertz CT molecular complexity index is 818. The summed E-state index contributed by atoms with van der Waals surface area (Å²) in [6, 6.07) is 27.2. The summed E-state index contributed by atoms with van der Waals surface area (Å²) in [7, 11) is 1.68. The average Bonchev–Trinajstić information content (AvgIpc) is 2.74. The highest BCUT2D eigenvalue weighted by molar-refractivity contribution is 5.43. The molecule has 1 N–H and O–H groups in total. The van der Waals surface area contributed by atoms with Gasteiger partial charge >= 0.3 is 0 Å². The molecule has 0 aliphatic heterocycles. The standard InChI is InChI=1S/C24H27NO2/c1-19(22-11-7-4-8-12-22)25-18-21-13-14-23(24(17-21)26-2)27-16-15-20-9-5-3-6-10-20/h3-14,17,19,25H,15-16,18H2,1-2H3. The van der Waals surface area contributed by atoms with Gasteiger partial charge in [-0.05, 0) is 35.7 Å². The molecular weight excluding hydrogens is 334 g/mol. The van der Waals surface area contributed by atoms with E-state index in [1.807, 2.05) is 36.4 Å². The number of hydrogen-bond donors (Lipinski definition) is 1. The molecule has 0 saturated heterocycles. The Morgan fingerprint density at radius 2 is 1.52 bits per heavy atom. The summed E-state index contributed by atoms with van der Waals surface area (Å²) in [6.45, 7) is 3.58. The molecule has 0 radical (unpaired) electrons. The molecule has 0 amide bonds. The SMILES string of the molecule is COc1cc(CNC(C)c2ccccc2)ccc1OCCc1ccccc1. The summed E-state index contributed by atoms with van der Waals surface area (Å²) in [6.07, 6.45) is 0.877. The smallest absolute Gasteiger partial charge is 0.161 e. The number of benzene rings is 3. The average molecular weight is 361 g/mol. The van der Waals surface area contributed by atoms with Crippen molar-refractivity contribution < 1.29 is 9.47 Å². The van der Waals surface area contributed by atoms with Gasteiger partial charge < -0.3 is 14.8 Å². The van der Waals surface area contributed by atoms with Crippen LogP contribution >= 0.6 is 0 Å². The summed E-state index contributed by atoms with van der Waals surface area (Å²) in [4.78, 5) is 0. The topological polar surface area (TPSA) is 30.5 Å². The van der Waals surface area contributed by atoms with Gasteiger partial charge in [-0.25, -0.2) is 0 Å². The van der Waals surface area contributed by atoms with Crippen LogP contribution in [-0.2, 0) is 13.0 Å². The van der Waals surface area contributed by atoms with Crippen LogP contribution in [0.5, 0.6) is 11.5 Å². The molecule has 1 atom stereocenters. The molecule has 140 valence electrons. The van der Waals surface area contributed by atoms with E-state index < -0.39 is 0 Å². The van der Waals surface area contributed by atoms with E-state index in [-0.39, 0.29) is 0 Å². The van der Waals surface area contributed by atoms with E-state index in [0.29, 0.717) is 12.6 Å². The van der Waals surface area contributed by atoms with Crippen molar-refractivity contribution >= 4 is 0 Å². The predicted octanol–water partition coefficient (Wildman–Crippen LogP) is 5.17. The molecule has 0 bridgehead atoms. The molecule has 0 heterocycles. The van der Waals surface area contributed by atoms with Crippen molar-refractivity contribution in [2.24, 2.45) is 0 Å². The van der Waals surface area contributed by atoms with Crippen molar-refractivity contribution in [2.45, 2.75) is 25.9 Å². The lowest BCUT2D eigenvalue weighted by molar-refractivity contribution is 0.297. The molecule has 27 heavy (non-hydrogen) atoms. The third-order valence-electron chi connectivity index (χ3n) is 4.63. The molecule has 3 aromatic carbocycles. The predicted molar refractivity (Wildman–Crippen MR) is 110 cm³/mol. The minimum absolute atomic E-state index is 0.291. The number of hydrogen-bond acceptors (Lipinski definition) is 3. The molecule has 0 fully saturated rings. The van der Waals surface area contributed by atoms with Crippen molar-refractivity contribution in [2.75, 3.05) is 13.7 Å². The lowest BCUT2D eigenvalue weighted by atomic mass is 10.1. The van der Waals surface area contributed by atoms with Gasteiger partial charge in [0.1, 0.15) is 0 Å². The van der Waals surface area contributed by atoms with Crippen molar-refractivity contribution in [1.82, 2.24) is 5.32 Å². The van der Waals surface area contributed by atoms with Gasteiger partial charge in [0.15, 0.2) is 11.5 Å². The molecule has 3 heteroatoms. The second-order valence-electron chi connectivity index (χ2n) is 6.58. The zero-order valence-electron chi connectivity index (χ0n) is 16.0. The Kier molecular flexibility index (Phi) is 6.89. The minimum Gasteiger partial charge on any atom is -0.493 e. The maximum Gasteiger partial charge on any atom is 0.161 e. The summed E-state index contributed by atoms with van der Waals surface area (Å²) in [5.74, 6) is 1.56. The highest BCUT2D eigenvalue weighted by Gasteiger charge is 2.08. The Hall–Kier alpha value is -2.78. The summed E-state index contributed by atoms with van der Waals surface area (Å²) in [5.41, 5.74) is 3.72. The molecule has 0 saturated carbocycles. The number of methoxy groups -OCH3 is 1. The van der Waals surface area contributed by atoms with Crippen molar-refractivity contribution in [3.63, 3.8) is 0 Å². The van der Waals surface area contributed by atoms with Gasteiger partial charge in [0.25, 0.3) is 0 Å². The molecular formula is C24H27NO2. The second kappa shape index (κ2) is 9.79. The molecule has 0 spiro atoms. The van der Waals surface area contributed by atoms with E-state index >= 15 is 0 Å². The quantitative estimate of drug-likeness (QED) is 0.570. The molecule has 0 aromatic heterocycles. The first-order valence-corrected chi connectivity index (χ1v) is 9.38. The van der Waals surface area contributed by atoms with Gasteiger partial charge in [0.05, 0.1) is 13.7 Å². The van der Waals surface area contributed by atoms with Crippen LogP contribution in [0.15, 0.2) is 78.9 Å². The van der Waals surface area contributed by atoms with Crippen LogP contribution in [0.4, 0.5) is 0 Å². The van der Waals surface area contributed by atoms with Crippen LogP contribution in [0.2, 0.25) is 0 Å². The Morgan fingerprint density at radius 3 is 2.22 bits per heavy atom. The third-order valence-corrected chi connectivity index (χ3v) is 4.63. The van der Waals surface area contributed by atoms with Crippen LogP contribution in [0, 0.1) is 0 Å². The molecule has 0 aliphatic rings. The van der Waals surface area contributed by atoms with Gasteiger partial charge in [-0.2, -0.15) is 0 Å². The molecule has 3 nitrogen and oxygen atoms in total. The van der Waals surface area contributed by atoms with E-state index in [0.717, 1.165) is 24.5 Å². The minimum atomic E-state index is 0.291. The van der Waals surface area contributed by atoms with Gasteiger partial charge in [-0.15, -0.1) is 0 Å². The first kappa shape index (κ1) is 19.0. The van der Waals surface area contributed by atoms with Crippen molar-refractivity contribution in [3.8, 4) is 11.5 Å². The number of nitrogens with one attached hydrogen (secondary N) is 1. The van der Waals surface area contributed by atoms with Gasteiger partial charge in [0.2, 0.25) is 0 Å². The van der Waals surface area contributed by atoms with Crippen LogP contribution in [0.25, 0.3) is 0 Å². The summed E-state index contributed by atoms with van der Waals surface area (Å²) < 4.78 is 11.5. The van der Waals surface area contributed by atoms with E-state index in [1.54, 1.807) is 7.11 Å². The first-order chi connectivity index (χ1) is 13.3. The summed E-state index contributed by atoms with van der Waals surface area (Å²) in [5, 5.41) is 3.55. The highest BCUT2D eigenvalue weighted by Crippen LogP contribution is 2.28. The largest absolute Gasteiger partial charge is 0.493 e. The maximum atomic E-state index is 5.94. The second-order valence-corrected chi connectivity index (χ2v) is 6.58. The van der Waals surface area contributed by atoms with E-state index in [9.17, 15) is 0 Å². The lowest BCUT2D eigenvalue weighted by Gasteiger charge is -2.16. The van der Waals surface area contributed by atoms with Crippen LogP contribution in [-0.4, -0.2) is 13.7 Å². The fourth-order valence-corrected chi connectivity index (χ4v) is 3.00. The Morgan fingerprint density at radius 1 is 0.815 bits per heavy atom. The molecule has 1 unspecified atom stereocenters. The maximum absolute atomic E-state index is 5.94. The number of ether oxygens (including phenoxy) is 2. The lowest BCUT2D eigenvalue weighted by Crippen LogP contribution is -2.18. The van der Waals surface area contributed by atoms with Crippen LogP contribution < -0.4 is 14.8 Å². The highest BCUT2D eigenvalue weighted by atomic mass is 16.5. The fraction of sp³-hybridized carbons (Fsp3) is 0.250. The van der Waals surface area contributed by atoms with E-state index in [4.69, 9.17) is 9.47 Å². The number of rotatable bonds is 9. The van der Waals surface area contributed by atoms with Gasteiger partial charge in [-0.3, -0.25) is 0 Å². The molecule has 0 aliphatic carbocycles. The fourth-order valence-electron chi connectivity index (χ4n) is 3.00. The molecule has 3 aromatic rings. The monoisotopic (exact) mass is 361 g/mol. The zero-order chi connectivity index (χ0) is 18.9. The first-order valence-electron chi connectivity index (χ1n) is 9.38. The van der Waals surface area contributed by atoms with Gasteiger partial charge in [-0.1, -0.05) is 66.7 Å². The van der Waals surface area contributed by atoms with E-state index in [2.05, 4.69) is 54.7 Å². The Labute approximate surface area is 162 Å². The van der Waals surface area contributed by atoms with E-state index in [1.165, 1.54) is 16.7 Å². The van der Waals surface area contributed by atoms with Crippen molar-refractivity contribution in [1.29, 1.82) is 0 Å². The van der Waals surface area contributed by atoms with Crippen molar-refractivity contribution in [3.05, 3.63) is 95.6 Å². The van der Waals surface area contributed by atoms with Gasteiger partial charge in [0, 0.05) is 19.0 Å². The normalized spacial score (nSPS) is 11.8. The zero-order valence-corrected chi connectivity index (χ0v) is 16.0. The summed E-state index contributed by atoms with van der Waals surface area (Å²) >= 11 is 0. The molecule has 3 rings (SSSR count).